The number of nitrogens with zero attached hydrogens (tertiary/aromatic N) is 3. The third-order valence-corrected chi connectivity index (χ3v) is 6.15. The van der Waals surface area contributed by atoms with E-state index in [1.165, 1.54) is 0 Å². The van der Waals surface area contributed by atoms with Gasteiger partial charge in [0, 0.05) is 30.7 Å². The van der Waals surface area contributed by atoms with Gasteiger partial charge in [0.1, 0.15) is 5.56 Å². The summed E-state index contributed by atoms with van der Waals surface area (Å²) >= 11 is 0. The molecule has 1 saturated carbocycles. The van der Waals surface area contributed by atoms with Crippen LogP contribution in [0.15, 0.2) is 30.5 Å². The third kappa shape index (κ3) is 5.82. The van der Waals surface area contributed by atoms with Gasteiger partial charge in [0.05, 0.1) is 19.8 Å². The Morgan fingerprint density at radius 1 is 1.09 bits per heavy atom. The quantitative estimate of drug-likeness (QED) is 0.646. The zero-order valence-corrected chi connectivity index (χ0v) is 18.2. The first-order valence-corrected chi connectivity index (χ1v) is 11.2. The summed E-state index contributed by atoms with van der Waals surface area (Å²) in [7, 11) is 0. The summed E-state index contributed by atoms with van der Waals surface area (Å²) < 4.78 is 51.3. The van der Waals surface area contributed by atoms with Crippen molar-refractivity contribution >= 4 is 17.3 Å². The number of hydrogen-bond acceptors (Lipinski definition) is 6. The van der Waals surface area contributed by atoms with Gasteiger partial charge in [0.15, 0.2) is 0 Å². The molecule has 4 rings (SSSR count). The number of nitrogens with one attached hydrogen (secondary N) is 1. The van der Waals surface area contributed by atoms with Crippen LogP contribution < -0.4 is 15.0 Å². The largest absolute Gasteiger partial charge is 0.477 e. The number of alkyl halides is 3. The normalized spacial score (nSPS) is 21.9. The van der Waals surface area contributed by atoms with E-state index in [2.05, 4.69) is 27.1 Å². The summed E-state index contributed by atoms with van der Waals surface area (Å²) in [6, 6.07) is 7.63. The number of halogens is 3. The van der Waals surface area contributed by atoms with E-state index in [4.69, 9.17) is 9.47 Å². The second-order valence-electron chi connectivity index (χ2n) is 8.62. The van der Waals surface area contributed by atoms with E-state index in [1.54, 1.807) is 0 Å². The molecule has 1 aliphatic heterocycles. The van der Waals surface area contributed by atoms with Crippen molar-refractivity contribution in [3.63, 3.8) is 0 Å². The Balaban J connectivity index is 1.44. The van der Waals surface area contributed by atoms with Crippen molar-refractivity contribution in [2.24, 2.45) is 11.8 Å². The number of benzene rings is 1. The summed E-state index contributed by atoms with van der Waals surface area (Å²) in [6.07, 6.45) is 0.307. The van der Waals surface area contributed by atoms with Crippen molar-refractivity contribution in [3.05, 3.63) is 36.0 Å². The second-order valence-corrected chi connectivity index (χ2v) is 8.62. The van der Waals surface area contributed by atoms with Crippen LogP contribution in [-0.4, -0.2) is 42.9 Å². The van der Waals surface area contributed by atoms with Crippen molar-refractivity contribution in [1.29, 1.82) is 0 Å². The van der Waals surface area contributed by atoms with Gasteiger partial charge in [-0.05, 0) is 48.9 Å². The Kier molecular flexibility index (Phi) is 7.03. The average molecular weight is 451 g/mol. The number of ether oxygens (including phenoxy) is 2. The Hall–Kier alpha value is -2.55. The van der Waals surface area contributed by atoms with Gasteiger partial charge in [-0.3, -0.25) is 0 Å². The van der Waals surface area contributed by atoms with Crippen LogP contribution in [0.5, 0.6) is 5.88 Å². The van der Waals surface area contributed by atoms with E-state index in [0.717, 1.165) is 50.7 Å². The van der Waals surface area contributed by atoms with Crippen LogP contribution in [-0.2, 0) is 10.9 Å². The lowest BCUT2D eigenvalue weighted by molar-refractivity contribution is -0.139. The van der Waals surface area contributed by atoms with Gasteiger partial charge in [-0.1, -0.05) is 19.8 Å². The van der Waals surface area contributed by atoms with E-state index in [-0.39, 0.29) is 18.5 Å². The minimum atomic E-state index is -4.57. The van der Waals surface area contributed by atoms with Crippen LogP contribution in [0.25, 0.3) is 0 Å². The lowest BCUT2D eigenvalue weighted by Crippen LogP contribution is -2.36. The second kappa shape index (κ2) is 9.94. The molecule has 1 saturated heterocycles. The maximum absolute atomic E-state index is 13.5. The average Bonchev–Trinajstić information content (AvgIpc) is 2.79. The van der Waals surface area contributed by atoms with Crippen LogP contribution >= 0.6 is 0 Å². The first kappa shape index (κ1) is 22.6. The van der Waals surface area contributed by atoms with Gasteiger partial charge in [-0.2, -0.15) is 18.2 Å². The van der Waals surface area contributed by atoms with Crippen molar-refractivity contribution in [3.8, 4) is 5.88 Å². The predicted octanol–water partition coefficient (Wildman–Crippen LogP) is 5.28. The van der Waals surface area contributed by atoms with Crippen LogP contribution in [0, 0.1) is 11.8 Å². The lowest BCUT2D eigenvalue weighted by atomic mass is 9.83. The molecule has 9 heteroatoms. The van der Waals surface area contributed by atoms with Crippen LogP contribution in [0.1, 0.15) is 38.2 Å². The van der Waals surface area contributed by atoms with Crippen molar-refractivity contribution in [1.82, 2.24) is 9.97 Å². The molecule has 0 radical (unpaired) electrons. The molecule has 174 valence electrons. The fraction of sp³-hybridized carbons (Fsp3) is 0.565. The topological polar surface area (TPSA) is 59.5 Å². The van der Waals surface area contributed by atoms with Gasteiger partial charge in [-0.25, -0.2) is 4.98 Å². The van der Waals surface area contributed by atoms with E-state index < -0.39 is 17.6 Å². The molecule has 0 spiro atoms. The van der Waals surface area contributed by atoms with Gasteiger partial charge < -0.3 is 19.7 Å². The molecule has 32 heavy (non-hydrogen) atoms. The summed E-state index contributed by atoms with van der Waals surface area (Å²) in [5.41, 5.74) is 0.807. The van der Waals surface area contributed by atoms with E-state index in [1.807, 2.05) is 24.3 Å². The molecule has 1 N–H and O–H groups in total. The number of morpholine rings is 1. The molecule has 2 fully saturated rings. The van der Waals surface area contributed by atoms with Gasteiger partial charge in [0.25, 0.3) is 0 Å². The fourth-order valence-corrected chi connectivity index (χ4v) is 4.13. The Labute approximate surface area is 186 Å². The van der Waals surface area contributed by atoms with E-state index in [0.29, 0.717) is 24.8 Å². The Morgan fingerprint density at radius 2 is 1.78 bits per heavy atom. The molecular weight excluding hydrogens is 421 g/mol. The number of rotatable bonds is 6. The number of anilines is 3. The first-order chi connectivity index (χ1) is 15.4. The van der Waals surface area contributed by atoms with Crippen molar-refractivity contribution in [2.45, 2.75) is 38.8 Å². The molecule has 2 aromatic rings. The summed E-state index contributed by atoms with van der Waals surface area (Å²) in [5.74, 6) is 0.579. The molecule has 0 amide bonds. The first-order valence-electron chi connectivity index (χ1n) is 11.2. The minimum absolute atomic E-state index is 0.0735. The maximum atomic E-state index is 13.5. The van der Waals surface area contributed by atoms with Crippen LogP contribution in [0.2, 0.25) is 0 Å². The van der Waals surface area contributed by atoms with Gasteiger partial charge in [-0.15, -0.1) is 0 Å². The molecular formula is C23H29F3N4O2. The van der Waals surface area contributed by atoms with Crippen LogP contribution in [0.3, 0.4) is 0 Å². The summed E-state index contributed by atoms with van der Waals surface area (Å²) in [4.78, 5) is 10.1. The van der Waals surface area contributed by atoms with Crippen molar-refractivity contribution in [2.75, 3.05) is 43.1 Å². The summed E-state index contributed by atoms with van der Waals surface area (Å²) in [5, 5.41) is 2.98. The predicted molar refractivity (Wildman–Crippen MR) is 116 cm³/mol. The van der Waals surface area contributed by atoms with E-state index >= 15 is 0 Å². The van der Waals surface area contributed by atoms with Crippen molar-refractivity contribution < 1.29 is 22.6 Å². The lowest BCUT2D eigenvalue weighted by Gasteiger charge is -2.28. The molecule has 1 aromatic heterocycles. The Morgan fingerprint density at radius 3 is 2.44 bits per heavy atom. The molecule has 6 nitrogen and oxygen atoms in total. The molecule has 2 aliphatic rings. The fourth-order valence-electron chi connectivity index (χ4n) is 4.13. The van der Waals surface area contributed by atoms with E-state index in [9.17, 15) is 13.2 Å². The molecule has 0 unspecified atom stereocenters. The highest BCUT2D eigenvalue weighted by atomic mass is 19.4. The third-order valence-electron chi connectivity index (χ3n) is 6.15. The standard InChI is InChI=1S/C23H29F3N4O2/c1-16-2-4-17(5-3-16)15-32-21-20(23(24,25)26)14-27-22(29-21)28-18-6-8-19(9-7-18)30-10-12-31-13-11-30/h6-9,14,16-17H,2-5,10-13,15H2,1H3,(H,27,28,29). The minimum Gasteiger partial charge on any atom is -0.477 e. The SMILES string of the molecule is CC1CCC(COc2nc(Nc3ccc(N4CCOCC4)cc3)ncc2C(F)(F)F)CC1. The number of aromatic nitrogens is 2. The number of hydrogen-bond donors (Lipinski definition) is 1. The Bertz CT molecular complexity index is 878. The van der Waals surface area contributed by atoms with Crippen LogP contribution in [0.4, 0.5) is 30.5 Å². The zero-order valence-electron chi connectivity index (χ0n) is 18.2. The zero-order chi connectivity index (χ0) is 22.6. The molecule has 0 bridgehead atoms. The highest BCUT2D eigenvalue weighted by Gasteiger charge is 2.36. The van der Waals surface area contributed by atoms with Gasteiger partial charge in [0.2, 0.25) is 11.8 Å². The molecule has 2 heterocycles. The summed E-state index contributed by atoms with van der Waals surface area (Å²) in [6.45, 7) is 5.49. The smallest absolute Gasteiger partial charge is 0.423 e. The van der Waals surface area contributed by atoms with Gasteiger partial charge >= 0.3 is 6.18 Å². The highest BCUT2D eigenvalue weighted by molar-refractivity contribution is 5.59. The molecule has 1 aliphatic carbocycles. The molecule has 1 aromatic carbocycles. The monoisotopic (exact) mass is 450 g/mol. The highest BCUT2D eigenvalue weighted by Crippen LogP contribution is 2.36. The maximum Gasteiger partial charge on any atom is 0.423 e. The molecule has 0 atom stereocenters.